The summed E-state index contributed by atoms with van der Waals surface area (Å²) < 4.78 is 53.5. The molecule has 2 heterocycles. The lowest BCUT2D eigenvalue weighted by molar-refractivity contribution is -0.136. The van der Waals surface area contributed by atoms with E-state index in [9.17, 15) is 17.6 Å². The number of aromatic nitrogens is 2. The highest BCUT2D eigenvalue weighted by atomic mass is 19.4. The Bertz CT molecular complexity index is 1040. The second-order valence-corrected chi connectivity index (χ2v) is 5.74. The number of anilines is 6. The zero-order valence-electron chi connectivity index (χ0n) is 14.0. The molecule has 0 aliphatic carbocycles. The second-order valence-electron chi connectivity index (χ2n) is 5.74. The molecule has 0 amide bonds. The molecule has 1 aliphatic rings. The van der Waals surface area contributed by atoms with Gasteiger partial charge in [0, 0.05) is 0 Å². The Morgan fingerprint density at radius 3 is 2.50 bits per heavy atom. The largest absolute Gasteiger partial charge is 0.418 e. The molecule has 0 bridgehead atoms. The van der Waals surface area contributed by atoms with Crippen molar-refractivity contribution in [3.05, 3.63) is 59.9 Å². The first-order chi connectivity index (χ1) is 13.3. The monoisotopic (exact) mass is 392 g/mol. The summed E-state index contributed by atoms with van der Waals surface area (Å²) in [4.78, 5) is 13.4. The zero-order valence-corrected chi connectivity index (χ0v) is 14.0. The highest BCUT2D eigenvalue weighted by Gasteiger charge is 2.34. The van der Waals surface area contributed by atoms with E-state index in [4.69, 9.17) is 10.7 Å². The van der Waals surface area contributed by atoms with Crippen LogP contribution in [0.2, 0.25) is 0 Å². The SMILES string of the molecule is Nc1nc2c(nc1Nc1ccccc1C(F)(F)F)NON2c1ccccc1F. The number of rotatable bonds is 3. The van der Waals surface area contributed by atoms with Crippen LogP contribution in [0.3, 0.4) is 0 Å². The van der Waals surface area contributed by atoms with Crippen LogP contribution in [0.5, 0.6) is 0 Å². The quantitative estimate of drug-likeness (QED) is 0.571. The molecule has 1 aliphatic heterocycles. The molecule has 7 nitrogen and oxygen atoms in total. The number of nitrogens with two attached hydrogens (primary N) is 1. The summed E-state index contributed by atoms with van der Waals surface area (Å²) in [5.41, 5.74) is 7.24. The van der Waals surface area contributed by atoms with E-state index in [1.807, 2.05) is 0 Å². The van der Waals surface area contributed by atoms with Gasteiger partial charge in [-0.05, 0) is 24.3 Å². The van der Waals surface area contributed by atoms with E-state index in [2.05, 4.69) is 20.8 Å². The molecule has 28 heavy (non-hydrogen) atoms. The van der Waals surface area contributed by atoms with E-state index < -0.39 is 17.6 Å². The van der Waals surface area contributed by atoms with Crippen LogP contribution in [-0.4, -0.2) is 9.97 Å². The smallest absolute Gasteiger partial charge is 0.381 e. The first-order valence-corrected chi connectivity index (χ1v) is 7.93. The van der Waals surface area contributed by atoms with Crippen LogP contribution in [0.4, 0.5) is 52.2 Å². The number of nitrogens with zero attached hydrogens (tertiary/aromatic N) is 3. The van der Waals surface area contributed by atoms with Gasteiger partial charge in [0.2, 0.25) is 5.82 Å². The van der Waals surface area contributed by atoms with E-state index in [1.165, 1.54) is 36.4 Å². The van der Waals surface area contributed by atoms with Crippen molar-refractivity contribution in [3.8, 4) is 0 Å². The topological polar surface area (TPSA) is 88.3 Å². The van der Waals surface area contributed by atoms with Crippen molar-refractivity contribution in [2.45, 2.75) is 6.18 Å². The van der Waals surface area contributed by atoms with E-state index in [0.717, 1.165) is 11.1 Å². The molecule has 0 atom stereocenters. The van der Waals surface area contributed by atoms with Crippen LogP contribution in [0.25, 0.3) is 0 Å². The minimum atomic E-state index is -4.56. The highest BCUT2D eigenvalue weighted by Crippen LogP contribution is 2.40. The van der Waals surface area contributed by atoms with Gasteiger partial charge >= 0.3 is 6.18 Å². The fraction of sp³-hybridized carbons (Fsp3) is 0.0588. The van der Waals surface area contributed by atoms with E-state index in [1.54, 1.807) is 6.07 Å². The average Bonchev–Trinajstić information content (AvgIpc) is 3.04. The predicted molar refractivity (Wildman–Crippen MR) is 94.4 cm³/mol. The third kappa shape index (κ3) is 3.11. The first kappa shape index (κ1) is 17.8. The maximum atomic E-state index is 14.0. The molecule has 3 aromatic rings. The maximum absolute atomic E-state index is 14.0. The fourth-order valence-electron chi connectivity index (χ4n) is 2.62. The number of alkyl halides is 3. The minimum Gasteiger partial charge on any atom is -0.381 e. The van der Waals surface area contributed by atoms with Crippen LogP contribution in [0.1, 0.15) is 5.56 Å². The maximum Gasteiger partial charge on any atom is 0.418 e. The third-order valence-corrected chi connectivity index (χ3v) is 3.89. The van der Waals surface area contributed by atoms with E-state index >= 15 is 0 Å². The molecule has 4 rings (SSSR count). The molecule has 11 heteroatoms. The van der Waals surface area contributed by atoms with Gasteiger partial charge in [0.1, 0.15) is 11.5 Å². The Morgan fingerprint density at radius 1 is 1.04 bits per heavy atom. The van der Waals surface area contributed by atoms with Crippen molar-refractivity contribution >= 4 is 34.6 Å². The number of nitrogens with one attached hydrogen (secondary N) is 2. The summed E-state index contributed by atoms with van der Waals surface area (Å²) in [7, 11) is 0. The summed E-state index contributed by atoms with van der Waals surface area (Å²) >= 11 is 0. The average molecular weight is 392 g/mol. The molecule has 0 fully saturated rings. The minimum absolute atomic E-state index is 0.0597. The second kappa shape index (κ2) is 6.53. The van der Waals surface area contributed by atoms with Crippen molar-refractivity contribution < 1.29 is 22.5 Å². The van der Waals surface area contributed by atoms with Gasteiger partial charge in [-0.15, -0.1) is 4.94 Å². The van der Waals surface area contributed by atoms with Gasteiger partial charge in [0.05, 0.1) is 11.3 Å². The van der Waals surface area contributed by atoms with Gasteiger partial charge in [0.25, 0.3) is 0 Å². The molecule has 144 valence electrons. The lowest BCUT2D eigenvalue weighted by atomic mass is 10.1. The number of benzene rings is 2. The molecule has 0 radical (unpaired) electrons. The number of hydrogen-bond acceptors (Lipinski definition) is 7. The Balaban J connectivity index is 1.70. The molecule has 0 spiro atoms. The molecule has 2 aromatic carbocycles. The van der Waals surface area contributed by atoms with Crippen LogP contribution < -0.4 is 21.6 Å². The number of halogens is 4. The molecule has 4 N–H and O–H groups in total. The molecule has 0 saturated carbocycles. The van der Waals surface area contributed by atoms with Crippen LogP contribution >= 0.6 is 0 Å². The Morgan fingerprint density at radius 2 is 1.75 bits per heavy atom. The number of hydrogen-bond donors (Lipinski definition) is 3. The van der Waals surface area contributed by atoms with Crippen LogP contribution in [0.15, 0.2) is 48.5 Å². The Kier molecular flexibility index (Phi) is 4.15. The van der Waals surface area contributed by atoms with Gasteiger partial charge in [-0.25, -0.2) is 19.8 Å². The highest BCUT2D eigenvalue weighted by molar-refractivity contribution is 5.78. The van der Waals surface area contributed by atoms with Crippen molar-refractivity contribution in [3.63, 3.8) is 0 Å². The molecule has 0 saturated heterocycles. The van der Waals surface area contributed by atoms with Gasteiger partial charge in [0.15, 0.2) is 17.5 Å². The fourth-order valence-corrected chi connectivity index (χ4v) is 2.62. The van der Waals surface area contributed by atoms with Crippen molar-refractivity contribution in [1.82, 2.24) is 9.97 Å². The molecular weight excluding hydrogens is 380 g/mol. The summed E-state index contributed by atoms with van der Waals surface area (Å²) in [6.45, 7) is 0. The van der Waals surface area contributed by atoms with Gasteiger partial charge in [-0.2, -0.15) is 18.2 Å². The zero-order chi connectivity index (χ0) is 19.9. The van der Waals surface area contributed by atoms with E-state index in [0.29, 0.717) is 0 Å². The van der Waals surface area contributed by atoms with Crippen LogP contribution in [0, 0.1) is 5.82 Å². The summed E-state index contributed by atoms with van der Waals surface area (Å²) in [6.07, 6.45) is -4.56. The molecular formula is C17H12F4N6O. The van der Waals surface area contributed by atoms with Crippen molar-refractivity contribution in [1.29, 1.82) is 0 Å². The van der Waals surface area contributed by atoms with Crippen LogP contribution in [-0.2, 0) is 11.1 Å². The van der Waals surface area contributed by atoms with E-state index in [-0.39, 0.29) is 34.6 Å². The number of fused-ring (bicyclic) bond motifs is 1. The lowest BCUT2D eigenvalue weighted by Gasteiger charge is -2.16. The Hall–Kier alpha value is -3.60. The summed E-state index contributed by atoms with van der Waals surface area (Å²) in [6, 6.07) is 10.7. The number of nitrogen functional groups attached to an aromatic ring is 1. The normalized spacial score (nSPS) is 13.2. The standard InChI is InChI=1S/C17H12F4N6O/c18-10-6-2-4-8-12(10)27-16-15(26-28-27)25-14(13(22)24-16)23-11-7-3-1-5-9(11)17(19,20)21/h1-8H,(H2,22,24)(H2,23,25,26). The summed E-state index contributed by atoms with van der Waals surface area (Å²) in [5.74, 6) is -0.744. The van der Waals surface area contributed by atoms with Crippen molar-refractivity contribution in [2.75, 3.05) is 21.6 Å². The molecule has 0 unspecified atom stereocenters. The summed E-state index contributed by atoms with van der Waals surface area (Å²) in [5, 5.41) is 3.58. The van der Waals surface area contributed by atoms with Gasteiger partial charge in [-0.1, -0.05) is 24.3 Å². The molecule has 1 aromatic heterocycles. The number of para-hydroxylation sites is 2. The predicted octanol–water partition coefficient (Wildman–Crippen LogP) is 4.37. The Labute approximate surface area is 155 Å². The van der Waals surface area contributed by atoms with Gasteiger partial charge in [-0.3, -0.25) is 0 Å². The van der Waals surface area contributed by atoms with Gasteiger partial charge < -0.3 is 11.1 Å². The first-order valence-electron chi connectivity index (χ1n) is 7.93. The third-order valence-electron chi connectivity index (χ3n) is 3.89. The van der Waals surface area contributed by atoms with Crippen molar-refractivity contribution in [2.24, 2.45) is 0 Å². The lowest BCUT2D eigenvalue weighted by Crippen LogP contribution is -2.16.